The summed E-state index contributed by atoms with van der Waals surface area (Å²) in [4.78, 5) is 19.5. The number of halogens is 2. The standard InChI is InChI=1S/C12H11Cl2N3O2.C3H8O2.C2H6/c13-8-4-9(14)16-11-10(8)15-5-17(11)7-2-1-6(3-7)12(18)19;1-3(2,4)5;1-2/h4-7H,1-3H2,(H,18,19);4-5H,1-2H3;1-2H3/t6-,7+;;/m1../s1. The van der Waals surface area contributed by atoms with E-state index >= 15 is 0 Å². The third kappa shape index (κ3) is 6.39. The number of aliphatic hydroxyl groups is 2. The van der Waals surface area contributed by atoms with Crippen LogP contribution in [-0.4, -0.2) is 41.6 Å². The summed E-state index contributed by atoms with van der Waals surface area (Å²) in [5.41, 5.74) is 1.22. The van der Waals surface area contributed by atoms with Crippen molar-refractivity contribution >= 4 is 40.3 Å². The van der Waals surface area contributed by atoms with Crippen LogP contribution in [-0.2, 0) is 4.79 Å². The van der Waals surface area contributed by atoms with Gasteiger partial charge in [0.05, 0.1) is 17.3 Å². The third-order valence-corrected chi connectivity index (χ3v) is 4.08. The maximum atomic E-state index is 11.0. The van der Waals surface area contributed by atoms with E-state index in [2.05, 4.69) is 9.97 Å². The summed E-state index contributed by atoms with van der Waals surface area (Å²) < 4.78 is 1.88. The van der Waals surface area contributed by atoms with Crippen LogP contribution in [0, 0.1) is 5.92 Å². The van der Waals surface area contributed by atoms with Crippen LogP contribution in [0.4, 0.5) is 0 Å². The van der Waals surface area contributed by atoms with Crippen LogP contribution in [0.1, 0.15) is 53.0 Å². The molecule has 7 nitrogen and oxygen atoms in total. The van der Waals surface area contributed by atoms with Gasteiger partial charge in [-0.2, -0.15) is 0 Å². The predicted molar refractivity (Wildman–Crippen MR) is 101 cm³/mol. The summed E-state index contributed by atoms with van der Waals surface area (Å²) in [6.45, 7) is 6.60. The van der Waals surface area contributed by atoms with Crippen molar-refractivity contribution in [1.29, 1.82) is 0 Å². The first kappa shape index (κ1) is 22.6. The van der Waals surface area contributed by atoms with E-state index in [9.17, 15) is 4.79 Å². The second-order valence-corrected chi connectivity index (χ2v) is 7.04. The molecule has 0 amide bonds. The molecule has 3 N–H and O–H groups in total. The molecule has 9 heteroatoms. The normalized spacial score (nSPS) is 19.4. The number of hydrogen-bond acceptors (Lipinski definition) is 5. The molecule has 0 spiro atoms. The highest BCUT2D eigenvalue weighted by molar-refractivity contribution is 6.37. The van der Waals surface area contributed by atoms with E-state index in [0.717, 1.165) is 6.42 Å². The highest BCUT2D eigenvalue weighted by atomic mass is 35.5. The lowest BCUT2D eigenvalue weighted by molar-refractivity contribution is -0.141. The largest absolute Gasteiger partial charge is 0.481 e. The van der Waals surface area contributed by atoms with Gasteiger partial charge in [-0.15, -0.1) is 0 Å². The van der Waals surface area contributed by atoms with Gasteiger partial charge in [0.15, 0.2) is 11.4 Å². The van der Waals surface area contributed by atoms with Crippen LogP contribution in [0.15, 0.2) is 12.4 Å². The minimum absolute atomic E-state index is 0.0909. The van der Waals surface area contributed by atoms with Gasteiger partial charge in [-0.3, -0.25) is 4.79 Å². The molecule has 2 aromatic heterocycles. The molecule has 0 radical (unpaired) electrons. The van der Waals surface area contributed by atoms with Gasteiger partial charge in [0.1, 0.15) is 10.7 Å². The summed E-state index contributed by atoms with van der Waals surface area (Å²) in [5, 5.41) is 26.0. The number of carboxylic acid groups (broad SMARTS) is 1. The summed E-state index contributed by atoms with van der Waals surface area (Å²) >= 11 is 12.0. The predicted octanol–water partition coefficient (Wildman–Crippen LogP) is 3.90. The number of carbonyl (C=O) groups is 1. The smallest absolute Gasteiger partial charge is 0.306 e. The van der Waals surface area contributed by atoms with Gasteiger partial charge < -0.3 is 19.9 Å². The molecule has 1 aliphatic rings. The molecule has 0 aromatic carbocycles. The lowest BCUT2D eigenvalue weighted by Crippen LogP contribution is -2.15. The van der Waals surface area contributed by atoms with E-state index < -0.39 is 11.8 Å². The average molecular weight is 406 g/mol. The van der Waals surface area contributed by atoms with Crippen molar-refractivity contribution in [3.8, 4) is 0 Å². The Labute approximate surface area is 162 Å². The number of imidazole rings is 1. The number of hydrogen-bond donors (Lipinski definition) is 3. The van der Waals surface area contributed by atoms with E-state index in [1.165, 1.54) is 13.8 Å². The number of rotatable bonds is 2. The Hall–Kier alpha value is -1.41. The minimum atomic E-state index is -1.50. The van der Waals surface area contributed by atoms with Crippen molar-refractivity contribution in [2.75, 3.05) is 0 Å². The third-order valence-electron chi connectivity index (χ3n) is 3.60. The molecule has 2 atom stereocenters. The monoisotopic (exact) mass is 405 g/mol. The van der Waals surface area contributed by atoms with Crippen molar-refractivity contribution in [1.82, 2.24) is 14.5 Å². The first-order valence-electron chi connectivity index (χ1n) is 8.42. The quantitative estimate of drug-likeness (QED) is 0.516. The number of aliphatic carboxylic acids is 1. The Morgan fingerprint density at radius 2 is 1.85 bits per heavy atom. The maximum Gasteiger partial charge on any atom is 0.306 e. The lowest BCUT2D eigenvalue weighted by atomic mass is 10.1. The molecule has 146 valence electrons. The first-order chi connectivity index (χ1) is 12.1. The molecular weight excluding hydrogens is 381 g/mol. The molecule has 1 saturated carbocycles. The van der Waals surface area contributed by atoms with E-state index in [0.29, 0.717) is 34.2 Å². The molecule has 2 aromatic rings. The molecule has 26 heavy (non-hydrogen) atoms. The fourth-order valence-corrected chi connectivity index (χ4v) is 3.12. The fourth-order valence-electron chi connectivity index (χ4n) is 2.64. The van der Waals surface area contributed by atoms with Crippen LogP contribution >= 0.6 is 23.2 Å². The van der Waals surface area contributed by atoms with Crippen molar-refractivity contribution in [3.63, 3.8) is 0 Å². The fraction of sp³-hybridized carbons (Fsp3) is 0.588. The summed E-state index contributed by atoms with van der Waals surface area (Å²) in [5.74, 6) is -2.53. The van der Waals surface area contributed by atoms with Gasteiger partial charge in [0.25, 0.3) is 0 Å². The zero-order chi connectivity index (χ0) is 20.1. The lowest BCUT2D eigenvalue weighted by Gasteiger charge is -2.12. The van der Waals surface area contributed by atoms with Gasteiger partial charge in [0, 0.05) is 6.04 Å². The maximum absolute atomic E-state index is 11.0. The van der Waals surface area contributed by atoms with Gasteiger partial charge in [-0.05, 0) is 39.2 Å². The average Bonchev–Trinajstić information content (AvgIpc) is 3.13. The Morgan fingerprint density at radius 1 is 1.27 bits per heavy atom. The molecule has 0 saturated heterocycles. The number of aromatic nitrogens is 3. The van der Waals surface area contributed by atoms with E-state index in [-0.39, 0.29) is 12.0 Å². The topological polar surface area (TPSA) is 108 Å². The van der Waals surface area contributed by atoms with E-state index in [1.54, 1.807) is 12.4 Å². The van der Waals surface area contributed by atoms with Gasteiger partial charge in [-0.1, -0.05) is 37.0 Å². The minimum Gasteiger partial charge on any atom is -0.481 e. The SMILES string of the molecule is CC.CC(C)(O)O.O=C(O)[C@@H]1CC[C@H](n2cnc3c(Cl)cc(Cl)nc32)C1. The van der Waals surface area contributed by atoms with E-state index in [1.807, 2.05) is 18.4 Å². The van der Waals surface area contributed by atoms with Gasteiger partial charge >= 0.3 is 5.97 Å². The van der Waals surface area contributed by atoms with Crippen LogP contribution in [0.3, 0.4) is 0 Å². The zero-order valence-electron chi connectivity index (χ0n) is 15.3. The highest BCUT2D eigenvalue weighted by Gasteiger charge is 2.31. The van der Waals surface area contributed by atoms with Crippen LogP contribution < -0.4 is 0 Å². The number of nitrogens with zero attached hydrogens (tertiary/aromatic N) is 3. The molecule has 0 unspecified atom stereocenters. The van der Waals surface area contributed by atoms with Crippen LogP contribution in [0.2, 0.25) is 10.2 Å². The molecule has 0 bridgehead atoms. The van der Waals surface area contributed by atoms with Crippen LogP contribution in [0.25, 0.3) is 11.2 Å². The molecule has 0 aliphatic heterocycles. The van der Waals surface area contributed by atoms with Crippen molar-refractivity contribution in [2.24, 2.45) is 5.92 Å². The Morgan fingerprint density at radius 3 is 2.35 bits per heavy atom. The molecule has 1 fully saturated rings. The zero-order valence-corrected chi connectivity index (χ0v) is 16.8. The van der Waals surface area contributed by atoms with Crippen molar-refractivity contribution in [2.45, 2.75) is 58.8 Å². The molecule has 3 rings (SSSR count). The summed E-state index contributed by atoms with van der Waals surface area (Å²) in [6, 6.07) is 1.64. The highest BCUT2D eigenvalue weighted by Crippen LogP contribution is 2.37. The Balaban J connectivity index is 0.000000420. The first-order valence-corrected chi connectivity index (χ1v) is 9.18. The molecular formula is C17H25Cl2N3O4. The number of carboxylic acids is 1. The number of pyridine rings is 1. The Kier molecular flexibility index (Phi) is 8.27. The second kappa shape index (κ2) is 9.50. The van der Waals surface area contributed by atoms with Crippen LogP contribution in [0.5, 0.6) is 0 Å². The van der Waals surface area contributed by atoms with Crippen molar-refractivity contribution < 1.29 is 20.1 Å². The van der Waals surface area contributed by atoms with Crippen molar-refractivity contribution in [3.05, 3.63) is 22.6 Å². The van der Waals surface area contributed by atoms with Gasteiger partial charge in [0.2, 0.25) is 0 Å². The Bertz CT molecular complexity index is 737. The summed E-state index contributed by atoms with van der Waals surface area (Å²) in [6.07, 6.45) is 3.73. The molecule has 2 heterocycles. The molecule has 1 aliphatic carbocycles. The van der Waals surface area contributed by atoms with E-state index in [4.69, 9.17) is 38.5 Å². The number of fused-ring (bicyclic) bond motifs is 1. The summed E-state index contributed by atoms with van der Waals surface area (Å²) in [7, 11) is 0. The van der Waals surface area contributed by atoms with Gasteiger partial charge in [-0.25, -0.2) is 9.97 Å². The second-order valence-electron chi connectivity index (χ2n) is 6.25.